The van der Waals surface area contributed by atoms with Crippen molar-refractivity contribution in [2.24, 2.45) is 10.8 Å². The molecule has 281 valence electrons. The SMILES string of the molecule is CCC(C)(CC)C(=O)/C=C(\O)C(C)(CC)CC.[CH3][Ge]([CH3])([CH3])[c]1ccc(-c2ccc3c(ccc4c(-c5[c-]c6ccccc6c(C#N)c5)nccc43)c2)cc1.[Ir]. The minimum Gasteiger partial charge on any atom is 0 e. The molecule has 6 rings (SSSR count). The maximum atomic E-state index is 12.2. The van der Waals surface area contributed by atoms with Gasteiger partial charge in [0.15, 0.2) is 5.78 Å². The minimum absolute atomic E-state index is 0. The molecule has 0 saturated carbocycles. The number of nitriles is 1. The number of benzene rings is 5. The Morgan fingerprint density at radius 1 is 0.778 bits per heavy atom. The van der Waals surface area contributed by atoms with E-state index in [9.17, 15) is 15.2 Å². The first-order valence-corrected chi connectivity index (χ1v) is 26.3. The first-order valence-electron chi connectivity index (χ1n) is 18.9. The maximum Gasteiger partial charge on any atom is 0 e. The Morgan fingerprint density at radius 2 is 1.39 bits per heavy atom. The predicted molar refractivity (Wildman–Crippen MR) is 227 cm³/mol. The van der Waals surface area contributed by atoms with E-state index in [1.807, 2.05) is 78.1 Å². The third kappa shape index (κ3) is 8.89. The summed E-state index contributed by atoms with van der Waals surface area (Å²) in [7, 11) is 0. The van der Waals surface area contributed by atoms with Crippen LogP contribution in [0.1, 0.15) is 72.8 Å². The van der Waals surface area contributed by atoms with E-state index in [1.54, 1.807) is 0 Å². The number of pyridine rings is 1. The zero-order valence-electron chi connectivity index (χ0n) is 33.2. The molecule has 0 fully saturated rings. The van der Waals surface area contributed by atoms with E-state index < -0.39 is 13.3 Å². The van der Waals surface area contributed by atoms with E-state index in [1.165, 1.54) is 32.4 Å². The molecule has 6 aromatic rings. The fourth-order valence-corrected chi connectivity index (χ4v) is 9.13. The molecule has 0 atom stereocenters. The number of ketones is 1. The summed E-state index contributed by atoms with van der Waals surface area (Å²) in [5.41, 5.74) is 4.21. The van der Waals surface area contributed by atoms with Crippen molar-refractivity contribution < 1.29 is 30.0 Å². The van der Waals surface area contributed by atoms with Gasteiger partial charge in [-0.2, -0.15) is 5.26 Å². The predicted octanol–water partition coefficient (Wildman–Crippen LogP) is 12.7. The second kappa shape index (κ2) is 17.6. The van der Waals surface area contributed by atoms with E-state index in [4.69, 9.17) is 4.98 Å². The van der Waals surface area contributed by atoms with Gasteiger partial charge >= 0.3 is 151 Å². The van der Waals surface area contributed by atoms with Crippen LogP contribution in [0.3, 0.4) is 0 Å². The average molecular weight is 955 g/mol. The normalized spacial score (nSPS) is 12.2. The number of rotatable bonds is 10. The van der Waals surface area contributed by atoms with Gasteiger partial charge in [-0.15, -0.1) is 23.6 Å². The molecule has 6 heteroatoms. The van der Waals surface area contributed by atoms with Crippen molar-refractivity contribution in [1.82, 2.24) is 4.98 Å². The molecule has 54 heavy (non-hydrogen) atoms. The van der Waals surface area contributed by atoms with Gasteiger partial charge in [0.05, 0.1) is 6.07 Å². The summed E-state index contributed by atoms with van der Waals surface area (Å²) in [4.78, 5) is 16.9. The van der Waals surface area contributed by atoms with Crippen molar-refractivity contribution in [2.45, 2.75) is 84.5 Å². The van der Waals surface area contributed by atoms with Crippen LogP contribution in [0.25, 0.3) is 54.7 Å². The molecule has 0 saturated heterocycles. The first-order chi connectivity index (χ1) is 25.2. The van der Waals surface area contributed by atoms with Crippen molar-refractivity contribution in [3.63, 3.8) is 0 Å². The van der Waals surface area contributed by atoms with Gasteiger partial charge in [-0.1, -0.05) is 65.1 Å². The number of fused-ring (bicyclic) bond motifs is 4. The van der Waals surface area contributed by atoms with Gasteiger partial charge in [-0.05, 0) is 31.2 Å². The molecule has 1 N–H and O–H groups in total. The number of carbonyl (C=O) groups excluding carboxylic acids is 1. The molecule has 0 aliphatic heterocycles. The quantitative estimate of drug-likeness (QED) is 0.0488. The molecule has 5 aromatic carbocycles. The third-order valence-corrected chi connectivity index (χ3v) is 15.9. The van der Waals surface area contributed by atoms with Gasteiger partial charge in [0.2, 0.25) is 0 Å². The third-order valence-electron chi connectivity index (χ3n) is 11.6. The van der Waals surface area contributed by atoms with Gasteiger partial charge in [0, 0.05) is 37.0 Å². The summed E-state index contributed by atoms with van der Waals surface area (Å²) in [6, 6.07) is 37.9. The molecule has 1 aromatic heterocycles. The van der Waals surface area contributed by atoms with E-state index in [0.29, 0.717) is 5.56 Å². The Bertz CT molecular complexity index is 2340. The summed E-state index contributed by atoms with van der Waals surface area (Å²) in [6.07, 6.45) is 6.61. The van der Waals surface area contributed by atoms with Crippen LogP contribution in [0, 0.1) is 28.2 Å². The molecule has 0 bridgehead atoms. The van der Waals surface area contributed by atoms with Crippen LogP contribution in [0.2, 0.25) is 17.3 Å². The fraction of sp³-hybridized carbons (Fsp3) is 0.312. The first kappa shape index (κ1) is 42.7. The molecule has 0 spiro atoms. The summed E-state index contributed by atoms with van der Waals surface area (Å²) in [5.74, 6) is 7.57. The molecule has 0 aliphatic carbocycles. The zero-order valence-corrected chi connectivity index (χ0v) is 37.7. The maximum absolute atomic E-state index is 12.2. The average Bonchev–Trinajstić information content (AvgIpc) is 3.19. The van der Waals surface area contributed by atoms with Crippen molar-refractivity contribution in [3.05, 3.63) is 121 Å². The monoisotopic (exact) mass is 956 g/mol. The molecular weight excluding hydrogens is 901 g/mol. The number of allylic oxidation sites excluding steroid dienone is 2. The largest absolute Gasteiger partial charge is 0 e. The number of aromatic nitrogens is 1. The molecule has 4 nitrogen and oxygen atoms in total. The second-order valence-corrected chi connectivity index (χ2v) is 26.4. The van der Waals surface area contributed by atoms with Gasteiger partial charge in [0.1, 0.15) is 5.76 Å². The fourth-order valence-electron chi connectivity index (χ4n) is 6.69. The molecule has 1 radical (unpaired) electrons. The molecule has 0 amide bonds. The van der Waals surface area contributed by atoms with Gasteiger partial charge in [-0.25, -0.2) is 0 Å². The summed E-state index contributed by atoms with van der Waals surface area (Å²) >= 11 is -1.82. The Hall–Kier alpha value is -4.08. The van der Waals surface area contributed by atoms with Crippen LogP contribution in [-0.2, 0) is 24.9 Å². The topological polar surface area (TPSA) is 74.0 Å². The van der Waals surface area contributed by atoms with Gasteiger partial charge < -0.3 is 5.11 Å². The number of carbonyl (C=O) groups is 1. The van der Waals surface area contributed by atoms with Crippen molar-refractivity contribution >= 4 is 55.8 Å². The summed E-state index contributed by atoms with van der Waals surface area (Å²) in [5, 5.41) is 26.4. The molecule has 0 unspecified atom stereocenters. The Labute approximate surface area is 338 Å². The van der Waals surface area contributed by atoms with Crippen LogP contribution < -0.4 is 4.40 Å². The number of hydrogen-bond acceptors (Lipinski definition) is 4. The number of hydrogen-bond donors (Lipinski definition) is 1. The zero-order chi connectivity index (χ0) is 38.6. The Balaban J connectivity index is 0.000000309. The van der Waals surface area contributed by atoms with Gasteiger partial charge in [-0.3, -0.25) is 4.79 Å². The van der Waals surface area contributed by atoms with Gasteiger partial charge in [0.25, 0.3) is 0 Å². The van der Waals surface area contributed by atoms with E-state index >= 15 is 0 Å². The van der Waals surface area contributed by atoms with Crippen molar-refractivity contribution in [1.29, 1.82) is 5.26 Å². The standard InChI is InChI=1S/C33H25GeN2.C15H28O2.Ir/c1-34(2,3)28-12-8-22(9-13-28)23-10-14-30-25(18-23)11-15-32-31(30)16-17-36-33(32)26-19-24-6-4-5-7-29(24)27(20-26)21-35;1-7-14(5,8-2)12(16)11-13(17)15(6,9-3)10-4;/h4-18,20H,1-3H3;11,16H,7-10H2,1-6H3;/q-1;;/b;12-11-;. The number of nitrogens with zero attached hydrogens (tertiary/aromatic N) is 2. The Kier molecular flexibility index (Phi) is 13.9. The smallest absolute Gasteiger partial charge is 0 e. The van der Waals surface area contributed by atoms with Crippen LogP contribution >= 0.6 is 0 Å². The van der Waals surface area contributed by atoms with Crippen molar-refractivity contribution in [2.75, 3.05) is 0 Å². The van der Waals surface area contributed by atoms with Crippen LogP contribution in [0.15, 0.2) is 109 Å². The van der Waals surface area contributed by atoms with E-state index in [2.05, 4.69) is 90.1 Å². The van der Waals surface area contributed by atoms with E-state index in [-0.39, 0.29) is 42.5 Å². The summed E-state index contributed by atoms with van der Waals surface area (Å²) < 4.78 is 1.52. The number of aliphatic hydroxyl groups is 1. The molecule has 0 aliphatic rings. The Morgan fingerprint density at radius 3 is 2.00 bits per heavy atom. The summed E-state index contributed by atoms with van der Waals surface area (Å²) in [6.45, 7) is 12.1. The molecular formula is C48H53GeIrN2O2-. The van der Waals surface area contributed by atoms with Crippen molar-refractivity contribution in [3.8, 4) is 28.5 Å². The van der Waals surface area contributed by atoms with E-state index in [0.717, 1.165) is 58.5 Å². The number of aliphatic hydroxyl groups excluding tert-OH is 1. The second-order valence-electron chi connectivity index (χ2n) is 15.8. The minimum atomic E-state index is -1.82. The van der Waals surface area contributed by atoms with Crippen LogP contribution in [-0.4, -0.2) is 29.1 Å². The van der Waals surface area contributed by atoms with Crippen LogP contribution in [0.4, 0.5) is 0 Å². The molecule has 1 heterocycles. The van der Waals surface area contributed by atoms with Crippen LogP contribution in [0.5, 0.6) is 0 Å².